The lowest BCUT2D eigenvalue weighted by Crippen LogP contribution is -2.12. The van der Waals surface area contributed by atoms with Crippen LogP contribution in [0, 0.1) is 6.42 Å². The second-order valence-electron chi connectivity index (χ2n) is 1.41. The third-order valence-corrected chi connectivity index (χ3v) is 0.637. The highest BCUT2D eigenvalue weighted by atomic mass is 19.4. The Morgan fingerprint density at radius 2 is 2.00 bits per heavy atom. The average Bonchev–Trinajstić information content (AvgIpc) is 1.63. The number of hydrogen-bond donors (Lipinski definition) is 0. The van der Waals surface area contributed by atoms with Crippen molar-refractivity contribution in [1.29, 1.82) is 0 Å². The van der Waals surface area contributed by atoms with E-state index in [-0.39, 0.29) is 13.0 Å². The first kappa shape index (κ1) is 8.75. The summed E-state index contributed by atoms with van der Waals surface area (Å²) in [6, 6.07) is 0. The van der Waals surface area contributed by atoms with Crippen molar-refractivity contribution in [2.75, 3.05) is 13.2 Å². The van der Waals surface area contributed by atoms with Gasteiger partial charge >= 0.3 is 6.18 Å². The number of alkyl halides is 3. The minimum atomic E-state index is -4.20. The molecule has 0 aromatic carbocycles. The predicted octanol–water partition coefficient (Wildman–Crippen LogP) is 1.79. The molecule has 0 spiro atoms. The molecule has 0 saturated carbocycles. The van der Waals surface area contributed by atoms with Gasteiger partial charge in [0.25, 0.3) is 0 Å². The van der Waals surface area contributed by atoms with Crippen LogP contribution >= 0.6 is 0 Å². The van der Waals surface area contributed by atoms with Crippen molar-refractivity contribution in [3.8, 4) is 0 Å². The average molecular weight is 141 g/mol. The first-order chi connectivity index (χ1) is 4.06. The van der Waals surface area contributed by atoms with E-state index in [1.807, 2.05) is 0 Å². The molecule has 0 aromatic rings. The summed E-state index contributed by atoms with van der Waals surface area (Å²) in [6.45, 7) is 1.61. The molecule has 0 saturated heterocycles. The molecule has 0 fully saturated rings. The Kier molecular flexibility index (Phi) is 3.61. The molecule has 0 aromatic heterocycles. The van der Waals surface area contributed by atoms with E-state index in [0.29, 0.717) is 6.61 Å². The Bertz CT molecular complexity index is 69.1. The van der Waals surface area contributed by atoms with E-state index in [4.69, 9.17) is 0 Å². The molecule has 1 nitrogen and oxygen atoms in total. The van der Waals surface area contributed by atoms with Crippen LogP contribution in [0.4, 0.5) is 13.2 Å². The van der Waals surface area contributed by atoms with Gasteiger partial charge in [-0.2, -0.15) is 13.2 Å². The van der Waals surface area contributed by atoms with Gasteiger partial charge in [-0.15, -0.1) is 0 Å². The Morgan fingerprint density at radius 1 is 1.44 bits per heavy atom. The Balaban J connectivity index is 3.07. The molecule has 55 valence electrons. The first-order valence-corrected chi connectivity index (χ1v) is 2.55. The highest BCUT2D eigenvalue weighted by Crippen LogP contribution is 2.17. The Labute approximate surface area is 51.8 Å². The van der Waals surface area contributed by atoms with Gasteiger partial charge in [-0.3, -0.25) is 0 Å². The maximum absolute atomic E-state index is 11.2. The third kappa shape index (κ3) is 7.75. The Morgan fingerprint density at radius 3 is 2.33 bits per heavy atom. The van der Waals surface area contributed by atoms with E-state index in [9.17, 15) is 13.2 Å². The molecule has 9 heavy (non-hydrogen) atoms. The second-order valence-corrected chi connectivity index (χ2v) is 1.41. The van der Waals surface area contributed by atoms with E-state index >= 15 is 0 Å². The van der Waals surface area contributed by atoms with Crippen molar-refractivity contribution in [2.24, 2.45) is 0 Å². The summed E-state index contributed by atoms with van der Waals surface area (Å²) in [6.07, 6.45) is -4.02. The summed E-state index contributed by atoms with van der Waals surface area (Å²) in [5.74, 6) is 0. The number of ether oxygens (including phenoxy) is 1. The highest BCUT2D eigenvalue weighted by Gasteiger charge is 2.26. The monoisotopic (exact) mass is 141 g/mol. The summed E-state index contributed by atoms with van der Waals surface area (Å²) in [4.78, 5) is 0. The van der Waals surface area contributed by atoms with Gasteiger partial charge in [0.1, 0.15) is 0 Å². The molecule has 0 aliphatic heterocycles. The van der Waals surface area contributed by atoms with E-state index < -0.39 is 6.18 Å². The van der Waals surface area contributed by atoms with Crippen LogP contribution in [-0.4, -0.2) is 19.4 Å². The normalized spacial score (nSPS) is 12.0. The zero-order valence-electron chi connectivity index (χ0n) is 5.03. The van der Waals surface area contributed by atoms with Crippen LogP contribution in [0.1, 0.15) is 6.92 Å². The van der Waals surface area contributed by atoms with Gasteiger partial charge in [0.05, 0.1) is 13.0 Å². The molecule has 0 N–H and O–H groups in total. The number of rotatable bonds is 3. The van der Waals surface area contributed by atoms with Gasteiger partial charge in [-0.1, -0.05) is 0 Å². The summed E-state index contributed by atoms with van der Waals surface area (Å²) >= 11 is 0. The summed E-state index contributed by atoms with van der Waals surface area (Å²) in [5, 5.41) is 0. The lowest BCUT2D eigenvalue weighted by Gasteiger charge is -2.03. The van der Waals surface area contributed by atoms with Crippen LogP contribution in [0.2, 0.25) is 0 Å². The standard InChI is InChI=1S/C5H8F3O/c1-2-9-4-3-5(6,7)8/h3H,2,4H2,1H3. The molecule has 4 heteroatoms. The van der Waals surface area contributed by atoms with Gasteiger partial charge < -0.3 is 4.74 Å². The summed E-state index contributed by atoms with van der Waals surface area (Å²) < 4.78 is 38.2. The quantitative estimate of drug-likeness (QED) is 0.544. The highest BCUT2D eigenvalue weighted by molar-refractivity contribution is 4.72. The molecule has 0 heterocycles. The van der Waals surface area contributed by atoms with Crippen molar-refractivity contribution in [3.63, 3.8) is 0 Å². The van der Waals surface area contributed by atoms with Gasteiger partial charge in [-0.05, 0) is 6.92 Å². The smallest absolute Gasteiger partial charge is 0.381 e. The largest absolute Gasteiger partial charge is 0.394 e. The number of hydrogen-bond acceptors (Lipinski definition) is 1. The lowest BCUT2D eigenvalue weighted by molar-refractivity contribution is -0.105. The molecule has 0 aliphatic carbocycles. The van der Waals surface area contributed by atoms with Crippen LogP contribution < -0.4 is 0 Å². The maximum atomic E-state index is 11.2. The van der Waals surface area contributed by atoms with Gasteiger partial charge in [-0.25, -0.2) is 0 Å². The molecule has 0 rings (SSSR count). The fourth-order valence-electron chi connectivity index (χ4n) is 0.271. The van der Waals surface area contributed by atoms with Crippen LogP contribution in [-0.2, 0) is 4.74 Å². The fraction of sp³-hybridized carbons (Fsp3) is 0.800. The van der Waals surface area contributed by atoms with E-state index in [1.165, 1.54) is 0 Å². The topological polar surface area (TPSA) is 9.23 Å². The van der Waals surface area contributed by atoms with Crippen LogP contribution in [0.3, 0.4) is 0 Å². The van der Waals surface area contributed by atoms with Crippen LogP contribution in [0.25, 0.3) is 0 Å². The molecule has 0 atom stereocenters. The molecule has 0 bridgehead atoms. The first-order valence-electron chi connectivity index (χ1n) is 2.55. The number of halogens is 3. The summed E-state index contributed by atoms with van der Waals surface area (Å²) in [7, 11) is 0. The summed E-state index contributed by atoms with van der Waals surface area (Å²) in [5.41, 5.74) is 0. The van der Waals surface area contributed by atoms with Gasteiger partial charge in [0.15, 0.2) is 0 Å². The minimum absolute atomic E-state index is 0.177. The fourth-order valence-corrected chi connectivity index (χ4v) is 0.271. The van der Waals surface area contributed by atoms with E-state index in [0.717, 1.165) is 0 Å². The van der Waals surface area contributed by atoms with E-state index in [1.54, 1.807) is 6.92 Å². The van der Waals surface area contributed by atoms with Gasteiger partial charge in [0.2, 0.25) is 0 Å². The molecule has 0 amide bonds. The van der Waals surface area contributed by atoms with Crippen molar-refractivity contribution >= 4 is 0 Å². The zero-order valence-corrected chi connectivity index (χ0v) is 5.03. The van der Waals surface area contributed by atoms with Crippen molar-refractivity contribution in [3.05, 3.63) is 6.42 Å². The van der Waals surface area contributed by atoms with Crippen LogP contribution in [0.15, 0.2) is 0 Å². The molecular formula is C5H8F3O. The molecule has 0 aliphatic rings. The zero-order chi connectivity index (χ0) is 7.33. The Hall–Kier alpha value is -0.250. The molecular weight excluding hydrogens is 133 g/mol. The second kappa shape index (κ2) is 3.71. The van der Waals surface area contributed by atoms with Crippen molar-refractivity contribution in [2.45, 2.75) is 13.1 Å². The molecule has 0 unspecified atom stereocenters. The van der Waals surface area contributed by atoms with E-state index in [2.05, 4.69) is 4.74 Å². The minimum Gasteiger partial charge on any atom is -0.381 e. The lowest BCUT2D eigenvalue weighted by atomic mass is 10.4. The van der Waals surface area contributed by atoms with Crippen molar-refractivity contribution in [1.82, 2.24) is 0 Å². The maximum Gasteiger partial charge on any atom is 0.394 e. The third-order valence-electron chi connectivity index (χ3n) is 0.637. The SMILES string of the molecule is CCOC[CH]C(F)(F)F. The van der Waals surface area contributed by atoms with Crippen LogP contribution in [0.5, 0.6) is 0 Å². The van der Waals surface area contributed by atoms with Crippen molar-refractivity contribution < 1.29 is 17.9 Å². The molecule has 1 radical (unpaired) electrons. The predicted molar refractivity (Wildman–Crippen MR) is 26.8 cm³/mol. The van der Waals surface area contributed by atoms with Gasteiger partial charge in [0, 0.05) is 6.61 Å².